The predicted molar refractivity (Wildman–Crippen MR) is 86.7 cm³/mol. The van der Waals surface area contributed by atoms with Crippen molar-refractivity contribution in [3.05, 3.63) is 72.2 Å². The highest BCUT2D eigenvalue weighted by atomic mass is 19.1. The van der Waals surface area contributed by atoms with Gasteiger partial charge in [-0.15, -0.1) is 0 Å². The second-order valence-corrected chi connectivity index (χ2v) is 5.02. The van der Waals surface area contributed by atoms with Crippen LogP contribution in [0, 0.1) is 5.82 Å². The molecular weight excluding hydrogens is 295 g/mol. The summed E-state index contributed by atoms with van der Waals surface area (Å²) in [6.45, 7) is 1.28. The van der Waals surface area contributed by atoms with E-state index < -0.39 is 0 Å². The lowest BCUT2D eigenvalue weighted by molar-refractivity contribution is 0.518. The second kappa shape index (κ2) is 7.40. The number of benzene rings is 1. The Morgan fingerprint density at radius 3 is 2.52 bits per heavy atom. The first-order valence-electron chi connectivity index (χ1n) is 7.36. The second-order valence-electron chi connectivity index (χ2n) is 5.02. The largest absolute Gasteiger partial charge is 0.467 e. The van der Waals surface area contributed by atoms with Gasteiger partial charge in [0.05, 0.1) is 12.8 Å². The quantitative estimate of drug-likeness (QED) is 0.699. The van der Waals surface area contributed by atoms with Crippen LogP contribution in [0.2, 0.25) is 0 Å². The first-order valence-corrected chi connectivity index (χ1v) is 7.36. The fraction of sp³-hybridized carbons (Fsp3) is 0.176. The molecule has 2 aromatic heterocycles. The average molecular weight is 312 g/mol. The molecule has 3 aromatic rings. The normalized spacial score (nSPS) is 10.5. The summed E-state index contributed by atoms with van der Waals surface area (Å²) in [5.41, 5.74) is 1.07. The van der Waals surface area contributed by atoms with Crippen LogP contribution in [0.15, 0.2) is 59.5 Å². The molecule has 0 fully saturated rings. The molecule has 1 aromatic carbocycles. The molecule has 0 saturated heterocycles. The van der Waals surface area contributed by atoms with E-state index in [1.54, 1.807) is 18.4 Å². The Balaban J connectivity index is 1.50. The van der Waals surface area contributed by atoms with Gasteiger partial charge < -0.3 is 15.1 Å². The van der Waals surface area contributed by atoms with E-state index in [-0.39, 0.29) is 5.82 Å². The van der Waals surface area contributed by atoms with E-state index in [0.717, 1.165) is 29.4 Å². The van der Waals surface area contributed by atoms with Gasteiger partial charge in [-0.3, -0.25) is 0 Å². The molecular formula is C17H17FN4O. The van der Waals surface area contributed by atoms with Gasteiger partial charge in [0.2, 0.25) is 0 Å². The summed E-state index contributed by atoms with van der Waals surface area (Å²) in [5.74, 6) is 2.09. The maximum Gasteiger partial charge on any atom is 0.131 e. The molecule has 0 amide bonds. The van der Waals surface area contributed by atoms with E-state index in [1.807, 2.05) is 18.2 Å². The topological polar surface area (TPSA) is 63.0 Å². The monoisotopic (exact) mass is 312 g/mol. The Bertz CT molecular complexity index is 729. The summed E-state index contributed by atoms with van der Waals surface area (Å²) >= 11 is 0. The molecule has 6 heteroatoms. The van der Waals surface area contributed by atoms with Crippen molar-refractivity contribution in [2.75, 3.05) is 17.2 Å². The number of rotatable bonds is 7. The van der Waals surface area contributed by atoms with Crippen LogP contribution in [-0.2, 0) is 13.0 Å². The third kappa shape index (κ3) is 4.54. The molecule has 0 radical (unpaired) electrons. The van der Waals surface area contributed by atoms with Gasteiger partial charge in [0.1, 0.15) is 29.5 Å². The zero-order valence-electron chi connectivity index (χ0n) is 12.5. The summed E-state index contributed by atoms with van der Waals surface area (Å²) in [5, 5.41) is 6.41. The smallest absolute Gasteiger partial charge is 0.131 e. The number of nitrogens with one attached hydrogen (secondary N) is 2. The molecule has 0 aliphatic heterocycles. The first-order chi connectivity index (χ1) is 11.3. The summed E-state index contributed by atoms with van der Waals surface area (Å²) < 4.78 is 18.1. The van der Waals surface area contributed by atoms with Crippen molar-refractivity contribution in [2.24, 2.45) is 0 Å². The molecule has 0 unspecified atom stereocenters. The Labute approximate surface area is 133 Å². The minimum atomic E-state index is -0.218. The molecule has 0 atom stereocenters. The molecule has 0 saturated carbocycles. The molecule has 23 heavy (non-hydrogen) atoms. The van der Waals surface area contributed by atoms with E-state index in [1.165, 1.54) is 18.5 Å². The van der Waals surface area contributed by atoms with Gasteiger partial charge >= 0.3 is 0 Å². The van der Waals surface area contributed by atoms with Crippen molar-refractivity contribution < 1.29 is 8.81 Å². The number of nitrogens with zero attached hydrogens (tertiary/aromatic N) is 2. The number of furan rings is 1. The fourth-order valence-electron chi connectivity index (χ4n) is 2.13. The highest BCUT2D eigenvalue weighted by Gasteiger charge is 2.01. The number of anilines is 2. The number of aromatic nitrogens is 2. The zero-order valence-corrected chi connectivity index (χ0v) is 12.5. The van der Waals surface area contributed by atoms with E-state index in [0.29, 0.717) is 13.1 Å². The number of halogens is 1. The zero-order chi connectivity index (χ0) is 15.9. The highest BCUT2D eigenvalue weighted by molar-refractivity contribution is 5.46. The van der Waals surface area contributed by atoms with Crippen molar-refractivity contribution in [2.45, 2.75) is 13.0 Å². The molecule has 0 spiro atoms. The minimum absolute atomic E-state index is 0.218. The Kier molecular flexibility index (Phi) is 4.83. The van der Waals surface area contributed by atoms with Crippen LogP contribution in [0.25, 0.3) is 0 Å². The first kappa shape index (κ1) is 15.0. The lowest BCUT2D eigenvalue weighted by Crippen LogP contribution is -2.08. The van der Waals surface area contributed by atoms with Crippen molar-refractivity contribution in [1.82, 2.24) is 9.97 Å². The van der Waals surface area contributed by atoms with Crippen molar-refractivity contribution in [1.29, 1.82) is 0 Å². The minimum Gasteiger partial charge on any atom is -0.467 e. The van der Waals surface area contributed by atoms with Gasteiger partial charge in [-0.2, -0.15) is 0 Å². The highest BCUT2D eigenvalue weighted by Crippen LogP contribution is 2.11. The molecule has 118 valence electrons. The van der Waals surface area contributed by atoms with Crippen LogP contribution in [0.3, 0.4) is 0 Å². The van der Waals surface area contributed by atoms with Crippen LogP contribution in [0.5, 0.6) is 0 Å². The van der Waals surface area contributed by atoms with Crippen LogP contribution >= 0.6 is 0 Å². The Morgan fingerprint density at radius 1 is 1.00 bits per heavy atom. The van der Waals surface area contributed by atoms with Gasteiger partial charge in [-0.25, -0.2) is 14.4 Å². The summed E-state index contributed by atoms with van der Waals surface area (Å²) in [4.78, 5) is 8.35. The molecule has 0 aliphatic carbocycles. The van der Waals surface area contributed by atoms with Crippen molar-refractivity contribution >= 4 is 11.6 Å². The molecule has 0 bridgehead atoms. The van der Waals surface area contributed by atoms with Gasteiger partial charge in [0.25, 0.3) is 0 Å². The van der Waals surface area contributed by atoms with Crippen molar-refractivity contribution in [3.8, 4) is 0 Å². The SMILES string of the molecule is Fc1ccc(CCNc2cc(NCc3ccco3)ncn2)cc1. The predicted octanol–water partition coefficient (Wildman–Crippen LogP) is 3.48. The van der Waals surface area contributed by atoms with E-state index >= 15 is 0 Å². The summed E-state index contributed by atoms with van der Waals surface area (Å²) in [7, 11) is 0. The maximum atomic E-state index is 12.8. The van der Waals surface area contributed by atoms with E-state index in [2.05, 4.69) is 20.6 Å². The van der Waals surface area contributed by atoms with Gasteiger partial charge in [0.15, 0.2) is 0 Å². The van der Waals surface area contributed by atoms with Gasteiger partial charge in [-0.1, -0.05) is 12.1 Å². The standard InChI is InChI=1S/C17H17FN4O/c18-14-5-3-13(4-6-14)7-8-19-16-10-17(22-12-21-16)20-11-15-2-1-9-23-15/h1-6,9-10,12H,7-8,11H2,(H2,19,20,21,22). The number of hydrogen-bond acceptors (Lipinski definition) is 5. The van der Waals surface area contributed by atoms with Crippen LogP contribution in [0.1, 0.15) is 11.3 Å². The lowest BCUT2D eigenvalue weighted by atomic mass is 10.1. The molecule has 0 aliphatic rings. The maximum absolute atomic E-state index is 12.8. The third-order valence-electron chi connectivity index (χ3n) is 3.32. The van der Waals surface area contributed by atoms with Crippen LogP contribution in [-0.4, -0.2) is 16.5 Å². The Morgan fingerprint density at radius 2 is 1.78 bits per heavy atom. The molecule has 3 rings (SSSR count). The third-order valence-corrected chi connectivity index (χ3v) is 3.32. The van der Waals surface area contributed by atoms with E-state index in [4.69, 9.17) is 4.42 Å². The molecule has 2 N–H and O–H groups in total. The summed E-state index contributed by atoms with van der Waals surface area (Å²) in [6.07, 6.45) is 3.93. The molecule has 2 heterocycles. The van der Waals surface area contributed by atoms with E-state index in [9.17, 15) is 4.39 Å². The summed E-state index contributed by atoms with van der Waals surface area (Å²) in [6, 6.07) is 12.1. The van der Waals surface area contributed by atoms with Crippen LogP contribution < -0.4 is 10.6 Å². The van der Waals surface area contributed by atoms with Crippen LogP contribution in [0.4, 0.5) is 16.0 Å². The average Bonchev–Trinajstić information content (AvgIpc) is 3.09. The number of hydrogen-bond donors (Lipinski definition) is 2. The molecule has 5 nitrogen and oxygen atoms in total. The fourth-order valence-corrected chi connectivity index (χ4v) is 2.13. The Hall–Kier alpha value is -2.89. The van der Waals surface area contributed by atoms with Crippen molar-refractivity contribution in [3.63, 3.8) is 0 Å². The lowest BCUT2D eigenvalue weighted by Gasteiger charge is -2.08. The van der Waals surface area contributed by atoms with Gasteiger partial charge in [-0.05, 0) is 36.2 Å². The van der Waals surface area contributed by atoms with Gasteiger partial charge in [0, 0.05) is 12.6 Å².